The van der Waals surface area contributed by atoms with Crippen LogP contribution in [0.4, 0.5) is 0 Å². The number of phenols is 1. The molecule has 1 aromatic heterocycles. The number of rotatable bonds is 4. The highest BCUT2D eigenvalue weighted by atomic mass is 32.2. The minimum atomic E-state index is 0.231. The standard InChI is InChI=1S/C22H28N4OS/c1-15-9-12-26(13-10-15)17(3)24-21(18-6-5-7-19(27)14-18)16(2)20-8-11-23-22(25-20)28-4/h5-8,11,14-15,27H,9-10,12-13H2,1-4H3/b21-16+,24-17?. The fraction of sp³-hybridized carbons (Fsp3) is 0.409. The van der Waals surface area contributed by atoms with Crippen molar-refractivity contribution in [2.24, 2.45) is 10.9 Å². The van der Waals surface area contributed by atoms with Gasteiger partial charge in [0.1, 0.15) is 11.6 Å². The number of hydrogen-bond acceptors (Lipinski definition) is 5. The normalized spacial score (nSPS) is 16.9. The molecule has 1 aliphatic rings. The van der Waals surface area contributed by atoms with Crippen molar-refractivity contribution in [1.29, 1.82) is 0 Å². The molecule has 1 aliphatic heterocycles. The summed E-state index contributed by atoms with van der Waals surface area (Å²) in [7, 11) is 0. The van der Waals surface area contributed by atoms with E-state index in [1.807, 2.05) is 31.4 Å². The molecule has 0 radical (unpaired) electrons. The zero-order valence-corrected chi connectivity index (χ0v) is 17.8. The van der Waals surface area contributed by atoms with Crippen molar-refractivity contribution in [2.45, 2.75) is 38.8 Å². The summed E-state index contributed by atoms with van der Waals surface area (Å²) in [5, 5.41) is 10.7. The summed E-state index contributed by atoms with van der Waals surface area (Å²) < 4.78 is 0. The van der Waals surface area contributed by atoms with E-state index in [0.717, 1.165) is 52.5 Å². The second-order valence-corrected chi connectivity index (χ2v) is 8.05. The molecule has 28 heavy (non-hydrogen) atoms. The average Bonchev–Trinajstić information content (AvgIpc) is 2.72. The third kappa shape index (κ3) is 4.93. The maximum absolute atomic E-state index is 10.00. The molecule has 1 aromatic carbocycles. The Bertz CT molecular complexity index is 886. The summed E-state index contributed by atoms with van der Waals surface area (Å²) >= 11 is 1.52. The van der Waals surface area contributed by atoms with Crippen molar-refractivity contribution >= 4 is 28.9 Å². The van der Waals surface area contributed by atoms with Crippen molar-refractivity contribution in [3.05, 3.63) is 47.8 Å². The van der Waals surface area contributed by atoms with Gasteiger partial charge >= 0.3 is 0 Å². The molecule has 1 saturated heterocycles. The molecule has 5 nitrogen and oxygen atoms in total. The predicted molar refractivity (Wildman–Crippen MR) is 117 cm³/mol. The number of aromatic hydroxyl groups is 1. The van der Waals surface area contributed by atoms with Gasteiger partial charge in [-0.3, -0.25) is 0 Å². The Morgan fingerprint density at radius 3 is 2.64 bits per heavy atom. The number of aliphatic imine (C=N–C) groups is 1. The van der Waals surface area contributed by atoms with Crippen LogP contribution in [0.2, 0.25) is 0 Å². The molecule has 1 N–H and O–H groups in total. The van der Waals surface area contributed by atoms with Crippen LogP contribution in [-0.4, -0.2) is 45.2 Å². The zero-order chi connectivity index (χ0) is 20.1. The van der Waals surface area contributed by atoms with E-state index in [0.29, 0.717) is 0 Å². The van der Waals surface area contributed by atoms with E-state index < -0.39 is 0 Å². The second kappa shape index (κ2) is 9.24. The summed E-state index contributed by atoms with van der Waals surface area (Å²) in [5.41, 5.74) is 3.53. The predicted octanol–water partition coefficient (Wildman–Crippen LogP) is 4.94. The van der Waals surface area contributed by atoms with Gasteiger partial charge in [0.25, 0.3) is 0 Å². The number of likely N-dealkylation sites (tertiary alicyclic amines) is 1. The lowest BCUT2D eigenvalue weighted by Gasteiger charge is -2.31. The first-order valence-electron chi connectivity index (χ1n) is 9.66. The molecule has 0 spiro atoms. The van der Waals surface area contributed by atoms with E-state index in [4.69, 9.17) is 4.99 Å². The molecule has 6 heteroatoms. The van der Waals surface area contributed by atoms with Gasteiger partial charge in [-0.25, -0.2) is 15.0 Å². The van der Waals surface area contributed by atoms with Crippen molar-refractivity contribution in [3.8, 4) is 5.75 Å². The van der Waals surface area contributed by atoms with Crippen molar-refractivity contribution in [1.82, 2.24) is 14.9 Å². The lowest BCUT2D eigenvalue weighted by Crippen LogP contribution is -2.36. The maximum Gasteiger partial charge on any atom is 0.187 e. The molecular formula is C22H28N4OS. The Morgan fingerprint density at radius 1 is 1.21 bits per heavy atom. The van der Waals surface area contributed by atoms with Gasteiger partial charge in [-0.05, 0) is 57.1 Å². The molecule has 0 atom stereocenters. The fourth-order valence-corrected chi connectivity index (χ4v) is 3.71. The minimum Gasteiger partial charge on any atom is -0.508 e. The van der Waals surface area contributed by atoms with Crippen LogP contribution in [-0.2, 0) is 0 Å². The fourth-order valence-electron chi connectivity index (χ4n) is 3.35. The lowest BCUT2D eigenvalue weighted by molar-refractivity contribution is 0.279. The summed E-state index contributed by atoms with van der Waals surface area (Å²) in [6.07, 6.45) is 6.13. The van der Waals surface area contributed by atoms with Gasteiger partial charge in [0.15, 0.2) is 5.16 Å². The molecule has 0 amide bonds. The number of nitrogens with zero attached hydrogens (tertiary/aromatic N) is 4. The first-order valence-corrected chi connectivity index (χ1v) is 10.9. The highest BCUT2D eigenvalue weighted by Gasteiger charge is 2.18. The van der Waals surface area contributed by atoms with Gasteiger partial charge in [0, 0.05) is 30.4 Å². The molecule has 1 fully saturated rings. The van der Waals surface area contributed by atoms with Crippen LogP contribution in [0.3, 0.4) is 0 Å². The second-order valence-electron chi connectivity index (χ2n) is 7.28. The molecule has 148 valence electrons. The first kappa shape index (κ1) is 20.4. The Balaban J connectivity index is 2.05. The number of allylic oxidation sites excluding steroid dienone is 1. The molecule has 0 bridgehead atoms. The molecular weight excluding hydrogens is 368 g/mol. The van der Waals surface area contributed by atoms with Crippen LogP contribution in [0.1, 0.15) is 44.9 Å². The van der Waals surface area contributed by atoms with Gasteiger partial charge < -0.3 is 10.0 Å². The quantitative estimate of drug-likeness (QED) is 0.343. The molecule has 2 heterocycles. The Labute approximate surface area is 171 Å². The summed E-state index contributed by atoms with van der Waals surface area (Å²) in [6.45, 7) is 8.48. The first-order chi connectivity index (χ1) is 13.5. The molecule has 0 unspecified atom stereocenters. The van der Waals surface area contributed by atoms with Crippen LogP contribution >= 0.6 is 11.8 Å². The summed E-state index contributed by atoms with van der Waals surface area (Å²) in [4.78, 5) is 16.3. The van der Waals surface area contributed by atoms with Gasteiger partial charge in [0.05, 0.1) is 11.4 Å². The summed E-state index contributed by atoms with van der Waals surface area (Å²) in [5.74, 6) is 2.01. The van der Waals surface area contributed by atoms with Crippen LogP contribution in [0.25, 0.3) is 11.3 Å². The largest absolute Gasteiger partial charge is 0.508 e. The van der Waals surface area contributed by atoms with Crippen molar-refractivity contribution < 1.29 is 5.11 Å². The zero-order valence-electron chi connectivity index (χ0n) is 17.0. The van der Waals surface area contributed by atoms with Crippen LogP contribution in [0.5, 0.6) is 5.75 Å². The van der Waals surface area contributed by atoms with Gasteiger partial charge in [0.2, 0.25) is 0 Å². The van der Waals surface area contributed by atoms with Gasteiger partial charge in [-0.2, -0.15) is 0 Å². The number of benzene rings is 1. The highest BCUT2D eigenvalue weighted by molar-refractivity contribution is 7.98. The minimum absolute atomic E-state index is 0.231. The monoisotopic (exact) mass is 396 g/mol. The van der Waals surface area contributed by atoms with Gasteiger partial charge in [-0.15, -0.1) is 0 Å². The van der Waals surface area contributed by atoms with E-state index in [-0.39, 0.29) is 5.75 Å². The number of aromatic nitrogens is 2. The summed E-state index contributed by atoms with van der Waals surface area (Å²) in [6, 6.07) is 9.16. The highest BCUT2D eigenvalue weighted by Crippen LogP contribution is 2.29. The lowest BCUT2D eigenvalue weighted by atomic mass is 9.99. The Hall–Kier alpha value is -2.34. The van der Waals surface area contributed by atoms with Gasteiger partial charge in [-0.1, -0.05) is 30.8 Å². The SMILES string of the molecule is CSc1nccc(/C(C)=C(/N=C(C)N2CCC(C)CC2)c2cccc(O)c2)n1. The number of thioether (sulfide) groups is 1. The number of phenolic OH excluding ortho intramolecular Hbond substituents is 1. The van der Waals surface area contributed by atoms with Crippen LogP contribution < -0.4 is 0 Å². The van der Waals surface area contributed by atoms with Crippen LogP contribution in [0, 0.1) is 5.92 Å². The third-order valence-corrected chi connectivity index (χ3v) is 5.75. The van der Waals surface area contributed by atoms with Crippen molar-refractivity contribution in [3.63, 3.8) is 0 Å². The number of piperidine rings is 1. The topological polar surface area (TPSA) is 61.6 Å². The average molecular weight is 397 g/mol. The Kier molecular flexibility index (Phi) is 6.73. The third-order valence-electron chi connectivity index (χ3n) is 5.19. The van der Waals surface area contributed by atoms with E-state index in [1.165, 1.54) is 24.6 Å². The van der Waals surface area contributed by atoms with E-state index in [9.17, 15) is 5.11 Å². The number of hydrogen-bond donors (Lipinski definition) is 1. The van der Waals surface area contributed by atoms with E-state index in [2.05, 4.69) is 28.7 Å². The molecule has 2 aromatic rings. The molecule has 3 rings (SSSR count). The smallest absolute Gasteiger partial charge is 0.187 e. The van der Waals surface area contributed by atoms with Crippen molar-refractivity contribution in [2.75, 3.05) is 19.3 Å². The Morgan fingerprint density at radius 2 is 1.96 bits per heavy atom. The maximum atomic E-state index is 10.00. The van der Waals surface area contributed by atoms with Crippen LogP contribution in [0.15, 0.2) is 46.7 Å². The van der Waals surface area contributed by atoms with E-state index >= 15 is 0 Å². The molecule has 0 saturated carbocycles. The molecule has 0 aliphatic carbocycles. The van der Waals surface area contributed by atoms with E-state index in [1.54, 1.807) is 18.3 Å². The number of amidine groups is 1.